The lowest BCUT2D eigenvalue weighted by molar-refractivity contribution is -0.152. The molecule has 0 bridgehead atoms. The van der Waals surface area contributed by atoms with Crippen LogP contribution in [-0.2, 0) is 33.9 Å². The number of ether oxygens (including phenoxy) is 2. The highest BCUT2D eigenvalue weighted by Gasteiger charge is 2.27. The first-order valence-corrected chi connectivity index (χ1v) is 10.7. The first-order chi connectivity index (χ1) is 15.1. The summed E-state index contributed by atoms with van der Waals surface area (Å²) in [7, 11) is 0. The molecule has 0 aliphatic rings. The van der Waals surface area contributed by atoms with E-state index in [0.717, 1.165) is 16.7 Å². The molecule has 3 atom stereocenters. The Hall–Kier alpha value is -2.95. The summed E-state index contributed by atoms with van der Waals surface area (Å²) in [6.07, 6.45) is -0.392. The smallest absolute Gasteiger partial charge is 0.309 e. The van der Waals surface area contributed by atoms with E-state index in [1.165, 1.54) is 0 Å². The standard InChI is InChI=1S/C27H30O4/c1-21(30-19-23-13-7-3-8-14-23)26(28)18-25(17-22-11-5-2-6-12-22)27(29)31-20-24-15-9-4-10-16-24/h2-16,21,25-26,28H,17-20H2,1H3/t21-,25+,26-/m0/s1. The third kappa shape index (κ3) is 7.67. The predicted octanol–water partition coefficient (Wildman–Crippen LogP) is 4.95. The Morgan fingerprint density at radius 3 is 1.81 bits per heavy atom. The van der Waals surface area contributed by atoms with Crippen LogP contribution in [0.3, 0.4) is 0 Å². The summed E-state index contributed by atoms with van der Waals surface area (Å²) >= 11 is 0. The molecule has 0 fully saturated rings. The van der Waals surface area contributed by atoms with Crippen LogP contribution in [-0.4, -0.2) is 23.3 Å². The average molecular weight is 419 g/mol. The molecule has 0 unspecified atom stereocenters. The van der Waals surface area contributed by atoms with Gasteiger partial charge in [-0.25, -0.2) is 0 Å². The average Bonchev–Trinajstić information content (AvgIpc) is 2.82. The summed E-state index contributed by atoms with van der Waals surface area (Å²) in [5.74, 6) is -0.758. The minimum Gasteiger partial charge on any atom is -0.461 e. The van der Waals surface area contributed by atoms with Crippen molar-refractivity contribution in [1.82, 2.24) is 0 Å². The van der Waals surface area contributed by atoms with E-state index in [-0.39, 0.29) is 19.0 Å². The SMILES string of the molecule is C[C@H](OCc1ccccc1)[C@@H](O)C[C@@H](Cc1ccccc1)C(=O)OCc1ccccc1. The Bertz CT molecular complexity index is 896. The molecule has 162 valence electrons. The van der Waals surface area contributed by atoms with Crippen LogP contribution in [0, 0.1) is 5.92 Å². The molecule has 0 spiro atoms. The highest BCUT2D eigenvalue weighted by Crippen LogP contribution is 2.20. The maximum atomic E-state index is 12.9. The second-order valence-electron chi connectivity index (χ2n) is 7.78. The van der Waals surface area contributed by atoms with Gasteiger partial charge in [0.2, 0.25) is 0 Å². The lowest BCUT2D eigenvalue weighted by atomic mass is 9.92. The molecule has 3 aromatic carbocycles. The van der Waals surface area contributed by atoms with E-state index >= 15 is 0 Å². The zero-order valence-corrected chi connectivity index (χ0v) is 17.9. The summed E-state index contributed by atoms with van der Waals surface area (Å²) in [5.41, 5.74) is 3.02. The number of benzene rings is 3. The summed E-state index contributed by atoms with van der Waals surface area (Å²) in [5, 5.41) is 10.7. The monoisotopic (exact) mass is 418 g/mol. The van der Waals surface area contributed by atoms with E-state index in [1.54, 1.807) is 0 Å². The van der Waals surface area contributed by atoms with Crippen LogP contribution in [0.2, 0.25) is 0 Å². The Labute approximate surface area is 184 Å². The summed E-state index contributed by atoms with van der Waals surface area (Å²) < 4.78 is 11.4. The highest BCUT2D eigenvalue weighted by molar-refractivity contribution is 5.73. The molecule has 0 radical (unpaired) electrons. The van der Waals surface area contributed by atoms with Crippen LogP contribution in [0.15, 0.2) is 91.0 Å². The van der Waals surface area contributed by atoms with Gasteiger partial charge in [-0.05, 0) is 36.5 Å². The van der Waals surface area contributed by atoms with Gasteiger partial charge in [-0.2, -0.15) is 0 Å². The number of esters is 1. The van der Waals surface area contributed by atoms with Crippen molar-refractivity contribution in [3.05, 3.63) is 108 Å². The zero-order valence-electron chi connectivity index (χ0n) is 17.9. The number of carbonyl (C=O) groups is 1. The van der Waals surface area contributed by atoms with Crippen molar-refractivity contribution in [2.24, 2.45) is 5.92 Å². The van der Waals surface area contributed by atoms with E-state index < -0.39 is 18.1 Å². The quantitative estimate of drug-likeness (QED) is 0.448. The summed E-state index contributed by atoms with van der Waals surface area (Å²) in [4.78, 5) is 12.9. The number of aliphatic hydroxyl groups is 1. The van der Waals surface area contributed by atoms with Gasteiger partial charge in [-0.3, -0.25) is 4.79 Å². The van der Waals surface area contributed by atoms with Crippen molar-refractivity contribution in [2.45, 2.75) is 45.2 Å². The molecule has 31 heavy (non-hydrogen) atoms. The van der Waals surface area contributed by atoms with Crippen LogP contribution in [0.25, 0.3) is 0 Å². The first kappa shape index (κ1) is 22.7. The number of hydrogen-bond donors (Lipinski definition) is 1. The van der Waals surface area contributed by atoms with Gasteiger partial charge in [-0.1, -0.05) is 91.0 Å². The normalized spacial score (nSPS) is 13.9. The van der Waals surface area contributed by atoms with Crippen LogP contribution < -0.4 is 0 Å². The lowest BCUT2D eigenvalue weighted by Gasteiger charge is -2.24. The maximum Gasteiger partial charge on any atom is 0.309 e. The molecule has 3 aromatic rings. The largest absolute Gasteiger partial charge is 0.461 e. The zero-order chi connectivity index (χ0) is 21.9. The number of rotatable bonds is 11. The Kier molecular flexibility index (Phi) is 8.83. The molecule has 0 aromatic heterocycles. The van der Waals surface area contributed by atoms with Gasteiger partial charge in [-0.15, -0.1) is 0 Å². The molecule has 0 aliphatic carbocycles. The molecule has 4 heteroatoms. The number of carbonyl (C=O) groups excluding carboxylic acids is 1. The van der Waals surface area contributed by atoms with Gasteiger partial charge in [0.1, 0.15) is 6.61 Å². The minimum absolute atomic E-state index is 0.223. The third-order valence-corrected chi connectivity index (χ3v) is 5.31. The summed E-state index contributed by atoms with van der Waals surface area (Å²) in [6.45, 7) is 2.48. The predicted molar refractivity (Wildman–Crippen MR) is 121 cm³/mol. The van der Waals surface area contributed by atoms with Gasteiger partial charge in [0.25, 0.3) is 0 Å². The van der Waals surface area contributed by atoms with E-state index in [1.807, 2.05) is 97.9 Å². The lowest BCUT2D eigenvalue weighted by Crippen LogP contribution is -2.32. The fourth-order valence-electron chi connectivity index (χ4n) is 3.40. The van der Waals surface area contributed by atoms with E-state index in [0.29, 0.717) is 13.0 Å². The molecule has 0 heterocycles. The van der Waals surface area contributed by atoms with Crippen molar-refractivity contribution in [3.63, 3.8) is 0 Å². The highest BCUT2D eigenvalue weighted by atomic mass is 16.5. The number of aliphatic hydroxyl groups excluding tert-OH is 1. The third-order valence-electron chi connectivity index (χ3n) is 5.31. The van der Waals surface area contributed by atoms with Gasteiger partial charge < -0.3 is 14.6 Å². The topological polar surface area (TPSA) is 55.8 Å². The number of hydrogen-bond acceptors (Lipinski definition) is 4. The van der Waals surface area contributed by atoms with Crippen molar-refractivity contribution in [1.29, 1.82) is 0 Å². The molecular formula is C27H30O4. The van der Waals surface area contributed by atoms with Crippen molar-refractivity contribution < 1.29 is 19.4 Å². The van der Waals surface area contributed by atoms with Crippen LogP contribution in [0.5, 0.6) is 0 Å². The van der Waals surface area contributed by atoms with Gasteiger partial charge >= 0.3 is 5.97 Å². The van der Waals surface area contributed by atoms with Crippen molar-refractivity contribution >= 4 is 5.97 Å². The van der Waals surface area contributed by atoms with E-state index in [2.05, 4.69) is 0 Å². The Morgan fingerprint density at radius 1 is 0.774 bits per heavy atom. The fraction of sp³-hybridized carbons (Fsp3) is 0.296. The first-order valence-electron chi connectivity index (χ1n) is 10.7. The molecule has 0 saturated carbocycles. The molecule has 1 N–H and O–H groups in total. The minimum atomic E-state index is -0.776. The molecular weight excluding hydrogens is 388 g/mol. The fourth-order valence-corrected chi connectivity index (χ4v) is 3.40. The van der Waals surface area contributed by atoms with Crippen LogP contribution in [0.4, 0.5) is 0 Å². The Balaban J connectivity index is 1.60. The second kappa shape index (κ2) is 12.0. The van der Waals surface area contributed by atoms with Crippen molar-refractivity contribution in [2.75, 3.05) is 0 Å². The van der Waals surface area contributed by atoms with E-state index in [9.17, 15) is 9.90 Å². The van der Waals surface area contributed by atoms with Gasteiger partial charge in [0.15, 0.2) is 0 Å². The molecule has 0 amide bonds. The van der Waals surface area contributed by atoms with Crippen LogP contribution in [0.1, 0.15) is 30.0 Å². The van der Waals surface area contributed by atoms with Gasteiger partial charge in [0.05, 0.1) is 24.7 Å². The van der Waals surface area contributed by atoms with Crippen molar-refractivity contribution in [3.8, 4) is 0 Å². The Morgan fingerprint density at radius 2 is 1.26 bits per heavy atom. The van der Waals surface area contributed by atoms with Crippen LogP contribution >= 0.6 is 0 Å². The molecule has 4 nitrogen and oxygen atoms in total. The van der Waals surface area contributed by atoms with E-state index in [4.69, 9.17) is 9.47 Å². The molecule has 3 rings (SSSR count). The maximum absolute atomic E-state index is 12.9. The van der Waals surface area contributed by atoms with Gasteiger partial charge in [0, 0.05) is 0 Å². The summed E-state index contributed by atoms with van der Waals surface area (Å²) in [6, 6.07) is 29.3. The second-order valence-corrected chi connectivity index (χ2v) is 7.78. The molecule has 0 aliphatic heterocycles. The molecule has 0 saturated heterocycles.